The van der Waals surface area contributed by atoms with E-state index < -0.39 is 5.97 Å². The summed E-state index contributed by atoms with van der Waals surface area (Å²) in [6.45, 7) is 3.69. The minimum absolute atomic E-state index is 0.00186. The van der Waals surface area contributed by atoms with Crippen LogP contribution >= 0.6 is 0 Å². The molecule has 0 fully saturated rings. The molecule has 1 unspecified atom stereocenters. The van der Waals surface area contributed by atoms with Gasteiger partial charge in [0, 0.05) is 12.8 Å². The first-order valence-corrected chi connectivity index (χ1v) is 5.34. The molecule has 1 atom stereocenters. The molecule has 1 N–H and O–H groups in total. The first-order valence-electron chi connectivity index (χ1n) is 5.34. The van der Waals surface area contributed by atoms with Crippen LogP contribution < -0.4 is 0 Å². The molecule has 0 radical (unpaired) electrons. The Labute approximate surface area is 95.7 Å². The van der Waals surface area contributed by atoms with E-state index in [-0.39, 0.29) is 43.9 Å². The molecule has 0 aromatic heterocycles. The van der Waals surface area contributed by atoms with Crippen molar-refractivity contribution in [1.82, 2.24) is 0 Å². The maximum absolute atomic E-state index is 11.3. The van der Waals surface area contributed by atoms with Crippen molar-refractivity contribution in [3.05, 3.63) is 0 Å². The zero-order valence-corrected chi connectivity index (χ0v) is 10.1. The Hall–Kier alpha value is -1.10. The van der Waals surface area contributed by atoms with Crippen LogP contribution in [0.2, 0.25) is 0 Å². The van der Waals surface area contributed by atoms with Crippen molar-refractivity contribution >= 4 is 11.9 Å². The van der Waals surface area contributed by atoms with Crippen LogP contribution in [0.25, 0.3) is 0 Å². The van der Waals surface area contributed by atoms with Gasteiger partial charge in [-0.05, 0) is 11.8 Å². The van der Waals surface area contributed by atoms with Gasteiger partial charge in [-0.25, -0.2) is 0 Å². The summed E-state index contributed by atoms with van der Waals surface area (Å²) in [5.41, 5.74) is 0. The van der Waals surface area contributed by atoms with Crippen molar-refractivity contribution in [1.29, 1.82) is 0 Å². The van der Waals surface area contributed by atoms with Crippen molar-refractivity contribution in [3.8, 4) is 0 Å². The molecule has 0 heterocycles. The first kappa shape index (κ1) is 14.9. The highest BCUT2D eigenvalue weighted by Gasteiger charge is 2.21. The Bertz CT molecular complexity index is 224. The fourth-order valence-electron chi connectivity index (χ4n) is 1.27. The predicted octanol–water partition coefficient (Wildman–Crippen LogP) is 0.747. The molecular weight excluding hydrogens is 212 g/mol. The molecule has 0 aromatic rings. The van der Waals surface area contributed by atoms with Crippen molar-refractivity contribution in [3.63, 3.8) is 0 Å². The summed E-state index contributed by atoms with van der Waals surface area (Å²) in [6.07, 6.45) is 0.384. The predicted molar refractivity (Wildman–Crippen MR) is 57.6 cm³/mol. The normalized spacial score (nSPS) is 12.3. The van der Waals surface area contributed by atoms with Crippen LogP contribution in [0.15, 0.2) is 0 Å². The second-order valence-corrected chi connectivity index (χ2v) is 3.93. The molecular formula is C11H20O5. The number of esters is 2. The van der Waals surface area contributed by atoms with Gasteiger partial charge in [0.15, 0.2) is 0 Å². The van der Waals surface area contributed by atoms with Gasteiger partial charge < -0.3 is 14.6 Å². The third kappa shape index (κ3) is 6.40. The number of hydrogen-bond acceptors (Lipinski definition) is 5. The highest BCUT2D eigenvalue weighted by molar-refractivity contribution is 5.73. The number of aliphatic hydroxyl groups excluding tert-OH is 1. The Morgan fingerprint density at radius 3 is 2.19 bits per heavy atom. The van der Waals surface area contributed by atoms with Gasteiger partial charge in [-0.3, -0.25) is 9.59 Å². The number of ether oxygens (including phenoxy) is 2. The SMILES string of the molecule is COC(=O)CC(CC(=O)OCCO)C(C)C. The van der Waals surface area contributed by atoms with Gasteiger partial charge in [0.25, 0.3) is 0 Å². The van der Waals surface area contributed by atoms with Crippen LogP contribution in [0.5, 0.6) is 0 Å². The van der Waals surface area contributed by atoms with E-state index in [9.17, 15) is 9.59 Å². The Morgan fingerprint density at radius 2 is 1.75 bits per heavy atom. The van der Waals surface area contributed by atoms with Crippen molar-refractivity contribution < 1.29 is 24.2 Å². The maximum atomic E-state index is 11.3. The first-order chi connectivity index (χ1) is 7.51. The zero-order chi connectivity index (χ0) is 12.6. The molecule has 0 saturated carbocycles. The molecule has 0 aliphatic heterocycles. The summed E-state index contributed by atoms with van der Waals surface area (Å²) in [5, 5.41) is 8.49. The molecule has 5 nitrogen and oxygen atoms in total. The van der Waals surface area contributed by atoms with Gasteiger partial charge in [0.2, 0.25) is 0 Å². The number of aliphatic hydroxyl groups is 1. The fraction of sp³-hybridized carbons (Fsp3) is 0.818. The van der Waals surface area contributed by atoms with E-state index >= 15 is 0 Å². The molecule has 0 rings (SSSR count). The van der Waals surface area contributed by atoms with Crippen LogP contribution in [0.1, 0.15) is 26.7 Å². The summed E-state index contributed by atoms with van der Waals surface area (Å²) < 4.78 is 9.31. The molecule has 0 aromatic carbocycles. The molecule has 16 heavy (non-hydrogen) atoms. The smallest absolute Gasteiger partial charge is 0.306 e. The highest BCUT2D eigenvalue weighted by Crippen LogP contribution is 2.20. The third-order valence-corrected chi connectivity index (χ3v) is 2.38. The van der Waals surface area contributed by atoms with Crippen molar-refractivity contribution in [2.75, 3.05) is 20.3 Å². The lowest BCUT2D eigenvalue weighted by molar-refractivity contribution is -0.147. The van der Waals surface area contributed by atoms with E-state index in [1.807, 2.05) is 13.8 Å². The lowest BCUT2D eigenvalue weighted by Gasteiger charge is -2.18. The van der Waals surface area contributed by atoms with Crippen LogP contribution in [-0.4, -0.2) is 37.4 Å². The Balaban J connectivity index is 4.12. The van der Waals surface area contributed by atoms with E-state index in [4.69, 9.17) is 9.84 Å². The Morgan fingerprint density at radius 1 is 1.19 bits per heavy atom. The topological polar surface area (TPSA) is 72.8 Å². The molecule has 94 valence electrons. The quantitative estimate of drug-likeness (QED) is 0.656. The summed E-state index contributed by atoms with van der Waals surface area (Å²) in [6, 6.07) is 0. The molecule has 0 aliphatic carbocycles. The molecule has 0 bridgehead atoms. The van der Waals surface area contributed by atoms with Gasteiger partial charge in [-0.1, -0.05) is 13.8 Å². The third-order valence-electron chi connectivity index (χ3n) is 2.38. The van der Waals surface area contributed by atoms with Crippen molar-refractivity contribution in [2.24, 2.45) is 11.8 Å². The van der Waals surface area contributed by atoms with Gasteiger partial charge in [0.1, 0.15) is 6.61 Å². The Kier molecular flexibility index (Phi) is 7.54. The molecule has 5 heteroatoms. The monoisotopic (exact) mass is 232 g/mol. The summed E-state index contributed by atoms with van der Waals surface area (Å²) in [7, 11) is 1.32. The van der Waals surface area contributed by atoms with Gasteiger partial charge >= 0.3 is 11.9 Å². The second-order valence-electron chi connectivity index (χ2n) is 3.93. The average molecular weight is 232 g/mol. The van der Waals surface area contributed by atoms with Gasteiger partial charge in [-0.2, -0.15) is 0 Å². The maximum Gasteiger partial charge on any atom is 0.306 e. The minimum atomic E-state index is -0.392. The fourth-order valence-corrected chi connectivity index (χ4v) is 1.27. The average Bonchev–Trinajstić information content (AvgIpc) is 2.24. The number of carbonyl (C=O) groups excluding carboxylic acids is 2. The number of hydrogen-bond donors (Lipinski definition) is 1. The molecule has 0 spiro atoms. The van der Waals surface area contributed by atoms with Crippen LogP contribution in [0.4, 0.5) is 0 Å². The molecule has 0 aliphatic rings. The summed E-state index contributed by atoms with van der Waals surface area (Å²) in [4.78, 5) is 22.4. The van der Waals surface area contributed by atoms with E-state index in [0.29, 0.717) is 0 Å². The molecule has 0 saturated heterocycles. The number of methoxy groups -OCH3 is 1. The standard InChI is InChI=1S/C11H20O5/c1-8(2)9(6-10(13)15-3)7-11(14)16-5-4-12/h8-9,12H,4-7H2,1-3H3. The van der Waals surface area contributed by atoms with E-state index in [0.717, 1.165) is 0 Å². The second kappa shape index (κ2) is 8.10. The van der Waals surface area contributed by atoms with Crippen LogP contribution in [-0.2, 0) is 19.1 Å². The van der Waals surface area contributed by atoms with E-state index in [2.05, 4.69) is 4.74 Å². The van der Waals surface area contributed by atoms with E-state index in [1.165, 1.54) is 7.11 Å². The lowest BCUT2D eigenvalue weighted by Crippen LogP contribution is -2.20. The summed E-state index contributed by atoms with van der Waals surface area (Å²) >= 11 is 0. The number of rotatable bonds is 7. The van der Waals surface area contributed by atoms with Crippen molar-refractivity contribution in [2.45, 2.75) is 26.7 Å². The zero-order valence-electron chi connectivity index (χ0n) is 10.1. The minimum Gasteiger partial charge on any atom is -0.469 e. The van der Waals surface area contributed by atoms with Gasteiger partial charge in [0.05, 0.1) is 13.7 Å². The molecule has 0 amide bonds. The summed E-state index contributed by atoms with van der Waals surface area (Å²) in [5.74, 6) is -0.607. The van der Waals surface area contributed by atoms with Gasteiger partial charge in [-0.15, -0.1) is 0 Å². The largest absolute Gasteiger partial charge is 0.469 e. The van der Waals surface area contributed by atoms with Crippen LogP contribution in [0, 0.1) is 11.8 Å². The van der Waals surface area contributed by atoms with Crippen LogP contribution in [0.3, 0.4) is 0 Å². The van der Waals surface area contributed by atoms with E-state index in [1.54, 1.807) is 0 Å². The lowest BCUT2D eigenvalue weighted by atomic mass is 9.89. The number of carbonyl (C=O) groups is 2. The highest BCUT2D eigenvalue weighted by atomic mass is 16.5.